The maximum absolute atomic E-state index is 12.9. The number of carbonyl (C=O) groups is 1. The minimum atomic E-state index is -0.779. The Labute approximate surface area is 189 Å². The van der Waals surface area contributed by atoms with Gasteiger partial charge in [0.2, 0.25) is 16.2 Å². The van der Waals surface area contributed by atoms with Gasteiger partial charge >= 0.3 is 0 Å². The minimum absolute atomic E-state index is 0.170. The van der Waals surface area contributed by atoms with E-state index in [-0.39, 0.29) is 11.9 Å². The van der Waals surface area contributed by atoms with Crippen LogP contribution in [0.5, 0.6) is 5.75 Å². The van der Waals surface area contributed by atoms with Crippen LogP contribution < -0.4 is 20.3 Å². The number of anilines is 3. The molecule has 1 fully saturated rings. The topological polar surface area (TPSA) is 127 Å². The van der Waals surface area contributed by atoms with Crippen molar-refractivity contribution in [1.82, 2.24) is 25.4 Å². The van der Waals surface area contributed by atoms with Crippen molar-refractivity contribution in [2.45, 2.75) is 25.5 Å². The fourth-order valence-corrected chi connectivity index (χ4v) is 4.14. The van der Waals surface area contributed by atoms with Crippen molar-refractivity contribution in [3.63, 3.8) is 0 Å². The van der Waals surface area contributed by atoms with Gasteiger partial charge in [-0.15, -0.1) is 15.3 Å². The molecule has 32 heavy (non-hydrogen) atoms. The molecule has 0 radical (unpaired) electrons. The van der Waals surface area contributed by atoms with Crippen molar-refractivity contribution in [2.24, 2.45) is 0 Å². The molecule has 0 bridgehead atoms. The van der Waals surface area contributed by atoms with Gasteiger partial charge in [-0.25, -0.2) is 4.98 Å². The molecule has 1 saturated heterocycles. The van der Waals surface area contributed by atoms with Crippen LogP contribution in [0, 0.1) is 0 Å². The molecule has 3 heterocycles. The van der Waals surface area contributed by atoms with E-state index < -0.39 is 6.10 Å². The second-order valence-electron chi connectivity index (χ2n) is 7.03. The van der Waals surface area contributed by atoms with E-state index in [0.717, 1.165) is 19.5 Å². The monoisotopic (exact) mass is 456 g/mol. The van der Waals surface area contributed by atoms with E-state index in [1.54, 1.807) is 25.6 Å². The summed E-state index contributed by atoms with van der Waals surface area (Å²) in [5.41, 5.74) is 0.704. The second kappa shape index (κ2) is 10.3. The number of carbonyl (C=O) groups excluding carboxylic acids is 1. The Hall–Kier alpha value is -3.38. The number of nitrogens with zero attached hydrogens (tertiary/aromatic N) is 6. The largest absolute Gasteiger partial charge is 0.497 e. The molecule has 0 saturated carbocycles. The summed E-state index contributed by atoms with van der Waals surface area (Å²) in [6.07, 6.45) is 3.31. The molecule has 2 aromatic heterocycles. The van der Waals surface area contributed by atoms with E-state index >= 15 is 0 Å². The Morgan fingerprint density at radius 3 is 2.94 bits per heavy atom. The summed E-state index contributed by atoms with van der Waals surface area (Å²) in [5, 5.41) is 23.4. The first-order valence-corrected chi connectivity index (χ1v) is 11.0. The molecule has 4 rings (SSSR count). The molecule has 1 amide bonds. The van der Waals surface area contributed by atoms with Gasteiger partial charge in [0.05, 0.1) is 19.5 Å². The van der Waals surface area contributed by atoms with Crippen LogP contribution in [0.4, 0.5) is 16.2 Å². The predicted octanol–water partition coefficient (Wildman–Crippen LogP) is 2.14. The van der Waals surface area contributed by atoms with Crippen molar-refractivity contribution in [1.29, 1.82) is 0 Å². The molecule has 168 valence electrons. The van der Waals surface area contributed by atoms with Crippen LogP contribution in [0.1, 0.15) is 25.0 Å². The van der Waals surface area contributed by atoms with E-state index in [4.69, 9.17) is 9.47 Å². The Morgan fingerprint density at radius 2 is 2.16 bits per heavy atom. The van der Waals surface area contributed by atoms with E-state index in [1.165, 1.54) is 11.3 Å². The van der Waals surface area contributed by atoms with Gasteiger partial charge in [0.15, 0.2) is 6.10 Å². The number of methoxy groups -OCH3 is 1. The van der Waals surface area contributed by atoms with Crippen molar-refractivity contribution < 1.29 is 14.3 Å². The quantitative estimate of drug-likeness (QED) is 0.494. The molecule has 1 aliphatic rings. The van der Waals surface area contributed by atoms with E-state index in [0.29, 0.717) is 34.1 Å². The molecule has 1 aromatic carbocycles. The Bertz CT molecular complexity index is 1030. The summed E-state index contributed by atoms with van der Waals surface area (Å²) in [6, 6.07) is 7.42. The molecule has 2 N–H and O–H groups in total. The molecule has 2 atom stereocenters. The predicted molar refractivity (Wildman–Crippen MR) is 120 cm³/mol. The summed E-state index contributed by atoms with van der Waals surface area (Å²) in [4.78, 5) is 19.2. The average molecular weight is 457 g/mol. The van der Waals surface area contributed by atoms with Gasteiger partial charge in [0.1, 0.15) is 5.75 Å². The maximum Gasteiger partial charge on any atom is 0.259 e. The van der Waals surface area contributed by atoms with Crippen molar-refractivity contribution in [3.8, 4) is 5.75 Å². The number of aromatic nitrogens is 5. The van der Waals surface area contributed by atoms with Crippen molar-refractivity contribution in [2.75, 3.05) is 42.3 Å². The maximum atomic E-state index is 12.9. The number of hydrogen-bond donors (Lipinski definition) is 2. The first kappa shape index (κ1) is 21.8. The lowest BCUT2D eigenvalue weighted by Crippen LogP contribution is -2.27. The highest BCUT2D eigenvalue weighted by molar-refractivity contribution is 7.19. The molecule has 11 nitrogen and oxygen atoms in total. The third kappa shape index (κ3) is 5.26. The Kier molecular flexibility index (Phi) is 7.02. The third-order valence-corrected chi connectivity index (χ3v) is 5.66. The molecule has 0 aliphatic carbocycles. The number of benzene rings is 1. The van der Waals surface area contributed by atoms with Crippen LogP contribution in [0.25, 0.3) is 0 Å². The smallest absolute Gasteiger partial charge is 0.259 e. The van der Waals surface area contributed by atoms with Crippen molar-refractivity contribution >= 4 is 33.5 Å². The molecule has 0 spiro atoms. The second-order valence-corrected chi connectivity index (χ2v) is 8.01. The number of nitrogens with one attached hydrogen (secondary N) is 2. The van der Waals surface area contributed by atoms with Crippen LogP contribution >= 0.6 is 11.3 Å². The lowest BCUT2D eigenvalue weighted by atomic mass is 10.1. The van der Waals surface area contributed by atoms with Gasteiger partial charge in [-0.1, -0.05) is 23.5 Å². The normalized spacial score (nSPS) is 16.6. The molecule has 12 heteroatoms. The highest BCUT2D eigenvalue weighted by atomic mass is 32.1. The van der Waals surface area contributed by atoms with Gasteiger partial charge in [-0.3, -0.25) is 10.1 Å². The first-order valence-electron chi connectivity index (χ1n) is 10.2. The van der Waals surface area contributed by atoms with Crippen LogP contribution in [0.2, 0.25) is 0 Å². The number of rotatable bonds is 9. The van der Waals surface area contributed by atoms with Gasteiger partial charge in [0, 0.05) is 25.7 Å². The van der Waals surface area contributed by atoms with Crippen molar-refractivity contribution in [3.05, 3.63) is 42.2 Å². The summed E-state index contributed by atoms with van der Waals surface area (Å²) in [6.45, 7) is 3.78. The Balaban J connectivity index is 1.36. The molecular weight excluding hydrogens is 432 g/mol. The lowest BCUT2D eigenvalue weighted by molar-refractivity contribution is -0.127. The van der Waals surface area contributed by atoms with Crippen LogP contribution in [0.15, 0.2) is 36.7 Å². The standard InChI is InChI=1S/C20H24N8O3S/c1-3-31-16(13-5-4-6-15(11-13)30-2)17(29)24-20-27-26-19(32-20)23-14-7-10-28(12-14)18-21-8-9-22-25-18/h4-6,8-9,11,14,16H,3,7,10,12H2,1-2H3,(H,23,26)(H,24,27,29)/t14-,16+/m1/s1. The summed E-state index contributed by atoms with van der Waals surface area (Å²) >= 11 is 1.28. The van der Waals surface area contributed by atoms with Gasteiger partial charge in [-0.2, -0.15) is 5.10 Å². The highest BCUT2D eigenvalue weighted by Crippen LogP contribution is 2.27. The Morgan fingerprint density at radius 1 is 1.28 bits per heavy atom. The van der Waals surface area contributed by atoms with Crippen LogP contribution in [0.3, 0.4) is 0 Å². The summed E-state index contributed by atoms with van der Waals surface area (Å²) in [5.74, 6) is 0.954. The molecule has 1 aliphatic heterocycles. The third-order valence-electron chi connectivity index (χ3n) is 4.89. The highest BCUT2D eigenvalue weighted by Gasteiger charge is 2.26. The first-order chi connectivity index (χ1) is 15.7. The van der Waals surface area contributed by atoms with Gasteiger partial charge < -0.3 is 19.7 Å². The van der Waals surface area contributed by atoms with Crippen LogP contribution in [-0.2, 0) is 9.53 Å². The van der Waals surface area contributed by atoms with Gasteiger partial charge in [0.25, 0.3) is 5.91 Å². The fourth-order valence-electron chi connectivity index (χ4n) is 3.42. The molecule has 0 unspecified atom stereocenters. The fraction of sp³-hybridized carbons (Fsp3) is 0.400. The summed E-state index contributed by atoms with van der Waals surface area (Å²) in [7, 11) is 1.58. The SMILES string of the molecule is CCO[C@H](C(=O)Nc1nnc(N[C@@H]2CCN(c3nccnn3)C2)s1)c1cccc(OC)c1. The minimum Gasteiger partial charge on any atom is -0.497 e. The lowest BCUT2D eigenvalue weighted by Gasteiger charge is -2.17. The van der Waals surface area contributed by atoms with Crippen LogP contribution in [-0.4, -0.2) is 64.1 Å². The van der Waals surface area contributed by atoms with E-state index in [2.05, 4.69) is 40.9 Å². The van der Waals surface area contributed by atoms with E-state index in [1.807, 2.05) is 25.1 Å². The zero-order valence-corrected chi connectivity index (χ0v) is 18.6. The number of hydrogen-bond acceptors (Lipinski definition) is 11. The zero-order valence-electron chi connectivity index (χ0n) is 17.8. The number of amides is 1. The zero-order chi connectivity index (χ0) is 22.3. The van der Waals surface area contributed by atoms with Gasteiger partial charge in [-0.05, 0) is 31.0 Å². The summed E-state index contributed by atoms with van der Waals surface area (Å²) < 4.78 is 10.9. The van der Waals surface area contributed by atoms with E-state index in [9.17, 15) is 4.79 Å². The molecular formula is C20H24N8O3S. The average Bonchev–Trinajstić information content (AvgIpc) is 3.48. The molecule has 3 aromatic rings. The number of ether oxygens (including phenoxy) is 2.